The third-order valence-electron chi connectivity index (χ3n) is 17.2. The van der Waals surface area contributed by atoms with Gasteiger partial charge in [-0.05, 0) is 153 Å². The van der Waals surface area contributed by atoms with Crippen LogP contribution in [0.15, 0.2) is 41.3 Å². The van der Waals surface area contributed by atoms with Gasteiger partial charge in [-0.15, -0.1) is 11.8 Å². The Morgan fingerprint density at radius 2 is 1.46 bits per heavy atom. The Labute approximate surface area is 330 Å². The van der Waals surface area contributed by atoms with Crippen molar-refractivity contribution in [1.29, 1.82) is 0 Å². The molecule has 7 heteroatoms. The van der Waals surface area contributed by atoms with Crippen LogP contribution in [0.3, 0.4) is 0 Å². The number of carbonyl (C=O) groups excluding carboxylic acids is 1. The number of aliphatic hydroxyl groups is 1. The molecule has 10 atom stereocenters. The molecular formula is C47H72FNO4S. The highest BCUT2D eigenvalue weighted by Gasteiger charge is 2.72. The van der Waals surface area contributed by atoms with Crippen molar-refractivity contribution in [1.82, 2.24) is 5.32 Å². The summed E-state index contributed by atoms with van der Waals surface area (Å²) in [5.41, 5.74) is 1.39. The molecule has 1 amide bonds. The molecule has 3 N–H and O–H groups in total. The summed E-state index contributed by atoms with van der Waals surface area (Å²) in [7, 11) is 0. The Balaban J connectivity index is 1.17. The summed E-state index contributed by atoms with van der Waals surface area (Å²) in [4.78, 5) is 26.5. The highest BCUT2D eigenvalue weighted by atomic mass is 32.2. The average Bonchev–Trinajstić information content (AvgIpc) is 3.53. The van der Waals surface area contributed by atoms with Gasteiger partial charge in [-0.1, -0.05) is 85.3 Å². The number of fused-ring (bicyclic) bond motifs is 7. The zero-order chi connectivity index (χ0) is 38.9. The lowest BCUT2D eigenvalue weighted by Gasteiger charge is -2.72. The second-order valence-corrected chi connectivity index (χ2v) is 21.0. The Kier molecular flexibility index (Phi) is 12.8. The van der Waals surface area contributed by atoms with Crippen LogP contribution in [0.1, 0.15) is 157 Å². The fourth-order valence-corrected chi connectivity index (χ4v) is 15.0. The van der Waals surface area contributed by atoms with Gasteiger partial charge < -0.3 is 15.5 Å². The molecule has 0 aromatic heterocycles. The molecule has 1 aromatic carbocycles. The minimum absolute atomic E-state index is 0.0638. The average molecular weight is 766 g/mol. The number of carboxylic acid groups (broad SMARTS) is 1. The van der Waals surface area contributed by atoms with Gasteiger partial charge in [0.2, 0.25) is 5.91 Å². The Morgan fingerprint density at radius 1 is 0.796 bits per heavy atom. The van der Waals surface area contributed by atoms with Crippen molar-refractivity contribution in [3.05, 3.63) is 42.2 Å². The van der Waals surface area contributed by atoms with E-state index in [1.54, 1.807) is 11.8 Å². The third-order valence-corrected chi connectivity index (χ3v) is 18.4. The molecule has 0 spiro atoms. The lowest BCUT2D eigenvalue weighted by Crippen LogP contribution is -2.67. The molecule has 5 aliphatic carbocycles. The molecule has 0 bridgehead atoms. The molecule has 0 aliphatic heterocycles. The summed E-state index contributed by atoms with van der Waals surface area (Å²) in [6.45, 7) is 18.0. The van der Waals surface area contributed by atoms with Gasteiger partial charge in [-0.2, -0.15) is 0 Å². The van der Waals surface area contributed by atoms with E-state index in [-0.39, 0.29) is 51.3 Å². The van der Waals surface area contributed by atoms with Crippen LogP contribution in [0.25, 0.3) is 0 Å². The van der Waals surface area contributed by atoms with Crippen LogP contribution in [0.4, 0.5) is 4.39 Å². The number of aliphatic carboxylic acids is 1. The van der Waals surface area contributed by atoms with Crippen molar-refractivity contribution < 1.29 is 24.2 Å². The molecule has 1 unspecified atom stereocenters. The van der Waals surface area contributed by atoms with Crippen molar-refractivity contribution in [2.75, 3.05) is 12.3 Å². The Hall–Kier alpha value is -1.86. The van der Waals surface area contributed by atoms with Gasteiger partial charge in [0.1, 0.15) is 5.82 Å². The van der Waals surface area contributed by atoms with E-state index in [1.807, 2.05) is 12.1 Å². The number of benzene rings is 1. The SMILES string of the molecule is C=C(CSc1ccc(F)cc1)[C@@H]1CC[C@]2(C(=O)NCCCCCCCCCCC(=O)O)CC[C@]3(C)[C@H](CCC4[C@@]5(C)CC[C@H](O)C(C)(C)[C@@H]5CC[C@]43C)[C@@H]12. The van der Waals surface area contributed by atoms with Gasteiger partial charge in [0, 0.05) is 23.6 Å². The van der Waals surface area contributed by atoms with Crippen molar-refractivity contribution >= 4 is 23.6 Å². The Bertz CT molecular complexity index is 1500. The van der Waals surface area contributed by atoms with Gasteiger partial charge >= 0.3 is 5.97 Å². The minimum Gasteiger partial charge on any atom is -0.481 e. The van der Waals surface area contributed by atoms with Gasteiger partial charge in [-0.25, -0.2) is 4.39 Å². The maximum absolute atomic E-state index is 14.7. The number of rotatable bonds is 16. The van der Waals surface area contributed by atoms with Crippen LogP contribution >= 0.6 is 11.8 Å². The van der Waals surface area contributed by atoms with Crippen LogP contribution in [0.5, 0.6) is 0 Å². The summed E-state index contributed by atoms with van der Waals surface area (Å²) in [6, 6.07) is 6.81. The quantitative estimate of drug-likeness (QED) is 0.0886. The topological polar surface area (TPSA) is 86.6 Å². The number of hydrogen-bond donors (Lipinski definition) is 3. The predicted octanol–water partition coefficient (Wildman–Crippen LogP) is 11.6. The van der Waals surface area contributed by atoms with E-state index in [0.717, 1.165) is 101 Å². The first kappa shape index (κ1) is 41.8. The Morgan fingerprint density at radius 3 is 2.15 bits per heavy atom. The van der Waals surface area contributed by atoms with Crippen LogP contribution in [-0.4, -0.2) is 40.5 Å². The predicted molar refractivity (Wildman–Crippen MR) is 219 cm³/mol. The van der Waals surface area contributed by atoms with Crippen LogP contribution in [0.2, 0.25) is 0 Å². The van der Waals surface area contributed by atoms with E-state index in [1.165, 1.54) is 49.8 Å². The lowest BCUT2D eigenvalue weighted by molar-refractivity contribution is -0.246. The molecule has 6 rings (SSSR count). The van der Waals surface area contributed by atoms with Gasteiger partial charge in [0.15, 0.2) is 0 Å². The van der Waals surface area contributed by atoms with Crippen molar-refractivity contribution in [2.24, 2.45) is 56.7 Å². The number of carbonyl (C=O) groups is 2. The molecule has 5 aliphatic rings. The summed E-state index contributed by atoms with van der Waals surface area (Å²) in [5, 5.41) is 23.5. The lowest BCUT2D eigenvalue weighted by atomic mass is 9.32. The molecule has 0 heterocycles. The number of carboxylic acids is 1. The first-order chi connectivity index (χ1) is 25.6. The van der Waals surface area contributed by atoms with E-state index in [9.17, 15) is 19.1 Å². The molecule has 0 radical (unpaired) electrons. The monoisotopic (exact) mass is 766 g/mol. The minimum atomic E-state index is -0.701. The number of nitrogens with one attached hydrogen (secondary N) is 1. The molecule has 0 saturated heterocycles. The largest absolute Gasteiger partial charge is 0.481 e. The molecule has 5 fully saturated rings. The molecule has 5 saturated carbocycles. The van der Waals surface area contributed by atoms with Gasteiger partial charge in [-0.3, -0.25) is 9.59 Å². The summed E-state index contributed by atoms with van der Waals surface area (Å²) >= 11 is 1.75. The normalized spacial score (nSPS) is 38.1. The number of thioether (sulfide) groups is 1. The maximum Gasteiger partial charge on any atom is 0.303 e. The zero-order valence-corrected chi connectivity index (χ0v) is 35.1. The van der Waals surface area contributed by atoms with E-state index >= 15 is 0 Å². The summed E-state index contributed by atoms with van der Waals surface area (Å²) in [5.74, 6) is 2.39. The number of aliphatic hydroxyl groups excluding tert-OH is 1. The second-order valence-electron chi connectivity index (χ2n) is 20.0. The van der Waals surface area contributed by atoms with Crippen LogP contribution in [-0.2, 0) is 9.59 Å². The molecular weight excluding hydrogens is 694 g/mol. The molecule has 5 nitrogen and oxygen atoms in total. The maximum atomic E-state index is 14.7. The van der Waals surface area contributed by atoms with Crippen LogP contribution < -0.4 is 5.32 Å². The number of amides is 1. The zero-order valence-electron chi connectivity index (χ0n) is 34.3. The number of hydrogen-bond acceptors (Lipinski definition) is 4. The molecule has 302 valence electrons. The smallest absolute Gasteiger partial charge is 0.303 e. The van der Waals surface area contributed by atoms with E-state index in [0.29, 0.717) is 29.6 Å². The first-order valence-corrected chi connectivity index (χ1v) is 22.8. The van der Waals surface area contributed by atoms with E-state index in [2.05, 4.69) is 39.9 Å². The van der Waals surface area contributed by atoms with E-state index < -0.39 is 5.97 Å². The van der Waals surface area contributed by atoms with Crippen molar-refractivity contribution in [3.8, 4) is 0 Å². The summed E-state index contributed by atoms with van der Waals surface area (Å²) in [6.07, 6.45) is 19.3. The highest BCUT2D eigenvalue weighted by Crippen LogP contribution is 2.77. The second kappa shape index (κ2) is 16.5. The highest BCUT2D eigenvalue weighted by molar-refractivity contribution is 7.99. The summed E-state index contributed by atoms with van der Waals surface area (Å²) < 4.78 is 13.7. The number of unbranched alkanes of at least 4 members (excludes halogenated alkanes) is 7. The number of halogens is 1. The van der Waals surface area contributed by atoms with Crippen molar-refractivity contribution in [3.63, 3.8) is 0 Å². The van der Waals surface area contributed by atoms with Crippen molar-refractivity contribution in [2.45, 2.75) is 168 Å². The van der Waals surface area contributed by atoms with Gasteiger partial charge in [0.25, 0.3) is 0 Å². The standard InChI is InChI=1S/C47H72FNO4S/c1-32(31-54-34-18-16-33(48)17-19-34)35-22-27-47(42(53)49-30-14-12-10-8-7-9-11-13-15-40(51)52)29-28-45(5)36(41(35)47)20-21-38-44(4)25-24-39(50)43(2,3)37(44)23-26-46(38,45)6/h16-19,35-39,41,50H,1,7-15,20-31H2,2-6H3,(H,49,53)(H,51,52)/t35-,36+,37-,38?,39-,41+,44-,45+,46+,47-/m0/s1. The third kappa shape index (κ3) is 7.61. The fraction of sp³-hybridized carbons (Fsp3) is 0.787. The molecule has 54 heavy (non-hydrogen) atoms. The molecule has 1 aromatic rings. The van der Waals surface area contributed by atoms with E-state index in [4.69, 9.17) is 11.7 Å². The van der Waals surface area contributed by atoms with Gasteiger partial charge in [0.05, 0.1) is 11.5 Å². The first-order valence-electron chi connectivity index (χ1n) is 21.8. The van der Waals surface area contributed by atoms with Crippen LogP contribution in [0, 0.1) is 62.5 Å². The fourth-order valence-electron chi connectivity index (χ4n) is 14.1.